The minimum atomic E-state index is -0.990. The Balaban J connectivity index is 2.07. The lowest BCUT2D eigenvalue weighted by Crippen LogP contribution is -2.09. The molecule has 0 radical (unpaired) electrons. The highest BCUT2D eigenvalue weighted by atomic mass is 35.5. The molecule has 1 N–H and O–H groups in total. The van der Waals surface area contributed by atoms with E-state index in [0.717, 1.165) is 36.0 Å². The van der Waals surface area contributed by atoms with Gasteiger partial charge in [0.15, 0.2) is 6.61 Å². The quantitative estimate of drug-likeness (QED) is 0.443. The van der Waals surface area contributed by atoms with E-state index >= 15 is 0 Å². The van der Waals surface area contributed by atoms with Gasteiger partial charge in [0.1, 0.15) is 5.75 Å². The number of carboxylic acids is 1. The summed E-state index contributed by atoms with van der Waals surface area (Å²) in [6.45, 7) is -0.350. The van der Waals surface area contributed by atoms with Gasteiger partial charge in [0.25, 0.3) is 0 Å². The van der Waals surface area contributed by atoms with Crippen LogP contribution >= 0.6 is 11.6 Å². The number of carboxylic acid groups (broad SMARTS) is 1. The predicted molar refractivity (Wildman–Crippen MR) is 115 cm³/mol. The second kappa shape index (κ2) is 9.95. The van der Waals surface area contributed by atoms with Crippen LogP contribution in [0.4, 0.5) is 0 Å². The molecule has 0 spiro atoms. The molecule has 0 unspecified atom stereocenters. The van der Waals surface area contributed by atoms with Crippen LogP contribution in [0.25, 0.3) is 11.1 Å². The molecule has 0 aliphatic heterocycles. The van der Waals surface area contributed by atoms with Crippen LogP contribution in [0.3, 0.4) is 0 Å². The summed E-state index contributed by atoms with van der Waals surface area (Å²) in [6.07, 6.45) is 9.45. The molecule has 0 fully saturated rings. The molecule has 2 aromatic rings. The van der Waals surface area contributed by atoms with Gasteiger partial charge in [-0.25, -0.2) is 4.79 Å². The lowest BCUT2D eigenvalue weighted by molar-refractivity contribution is -0.139. The number of benzene rings is 2. The van der Waals surface area contributed by atoms with Gasteiger partial charge in [0, 0.05) is 5.88 Å². The molecule has 0 saturated heterocycles. The first-order valence-electron chi connectivity index (χ1n) is 9.35. The molecule has 4 heteroatoms. The number of allylic oxidation sites excluding steroid dienone is 6. The molecule has 0 bridgehead atoms. The fraction of sp³-hybridized carbons (Fsp3) is 0.208. The molecular weight excluding hydrogens is 372 g/mol. The topological polar surface area (TPSA) is 46.5 Å². The van der Waals surface area contributed by atoms with Crippen molar-refractivity contribution in [3.8, 4) is 5.75 Å². The molecule has 144 valence electrons. The molecule has 0 heterocycles. The third kappa shape index (κ3) is 5.14. The molecular formula is C24H23ClO3. The van der Waals surface area contributed by atoms with Gasteiger partial charge < -0.3 is 9.84 Å². The van der Waals surface area contributed by atoms with Gasteiger partial charge >= 0.3 is 5.97 Å². The predicted octanol–water partition coefficient (Wildman–Crippen LogP) is 5.97. The standard InChI is InChI=1S/C24H23ClO3/c25-16-15-22(18-7-3-1-4-8-18)24(19-9-5-2-6-10-19)20-11-13-21(14-12-20)28-17-23(26)27/h1,3-5,7-14H,2,6,15-17H2,(H,26,27)/b24-22-. The van der Waals surface area contributed by atoms with Crippen LogP contribution < -0.4 is 4.74 Å². The number of halogens is 1. The van der Waals surface area contributed by atoms with E-state index < -0.39 is 5.97 Å². The SMILES string of the molecule is O=C(O)COc1ccc(/C(C2=CCCC=C2)=C(/CCCl)c2ccccc2)cc1. The summed E-state index contributed by atoms with van der Waals surface area (Å²) in [4.78, 5) is 10.7. The first-order chi connectivity index (χ1) is 13.7. The molecule has 28 heavy (non-hydrogen) atoms. The van der Waals surface area contributed by atoms with Gasteiger partial charge in [-0.2, -0.15) is 0 Å². The fourth-order valence-electron chi connectivity index (χ4n) is 3.32. The van der Waals surface area contributed by atoms with Crippen molar-refractivity contribution >= 4 is 28.7 Å². The van der Waals surface area contributed by atoms with E-state index in [1.54, 1.807) is 0 Å². The van der Waals surface area contributed by atoms with Crippen LogP contribution in [0.15, 0.2) is 78.4 Å². The van der Waals surface area contributed by atoms with E-state index in [2.05, 4.69) is 30.4 Å². The maximum atomic E-state index is 10.7. The van der Waals surface area contributed by atoms with Gasteiger partial charge in [-0.3, -0.25) is 0 Å². The van der Waals surface area contributed by atoms with Crippen LogP contribution in [0, 0.1) is 0 Å². The zero-order valence-corrected chi connectivity index (χ0v) is 16.4. The Hall–Kier alpha value is -2.78. The maximum absolute atomic E-state index is 10.7. The van der Waals surface area contributed by atoms with Crippen LogP contribution in [-0.4, -0.2) is 23.6 Å². The zero-order valence-electron chi connectivity index (χ0n) is 15.6. The minimum absolute atomic E-state index is 0.350. The Morgan fingerprint density at radius 1 is 1.00 bits per heavy atom. The maximum Gasteiger partial charge on any atom is 0.341 e. The van der Waals surface area contributed by atoms with Crippen molar-refractivity contribution in [2.45, 2.75) is 19.3 Å². The Morgan fingerprint density at radius 3 is 2.36 bits per heavy atom. The second-order valence-corrected chi connectivity index (χ2v) is 6.88. The fourth-order valence-corrected chi connectivity index (χ4v) is 3.51. The van der Waals surface area contributed by atoms with Crippen molar-refractivity contribution in [1.29, 1.82) is 0 Å². The van der Waals surface area contributed by atoms with Crippen molar-refractivity contribution in [2.75, 3.05) is 12.5 Å². The highest BCUT2D eigenvalue weighted by Crippen LogP contribution is 2.37. The van der Waals surface area contributed by atoms with Crippen molar-refractivity contribution < 1.29 is 14.6 Å². The van der Waals surface area contributed by atoms with E-state index in [9.17, 15) is 4.79 Å². The molecule has 0 amide bonds. The molecule has 3 rings (SSSR count). The average Bonchev–Trinajstić information content (AvgIpc) is 2.74. The lowest BCUT2D eigenvalue weighted by atomic mass is 9.86. The van der Waals surface area contributed by atoms with Crippen LogP contribution in [0.2, 0.25) is 0 Å². The number of rotatable bonds is 8. The molecule has 0 saturated carbocycles. The van der Waals surface area contributed by atoms with E-state index in [-0.39, 0.29) is 6.61 Å². The van der Waals surface area contributed by atoms with Crippen LogP contribution in [-0.2, 0) is 4.79 Å². The number of hydrogen-bond acceptors (Lipinski definition) is 2. The summed E-state index contributed by atoms with van der Waals surface area (Å²) < 4.78 is 5.27. The Kier molecular flexibility index (Phi) is 7.10. The van der Waals surface area contributed by atoms with E-state index in [4.69, 9.17) is 21.4 Å². The van der Waals surface area contributed by atoms with E-state index in [0.29, 0.717) is 11.6 Å². The molecule has 2 aromatic carbocycles. The molecule has 1 aliphatic carbocycles. The normalized spacial score (nSPS) is 14.2. The summed E-state index contributed by atoms with van der Waals surface area (Å²) >= 11 is 6.17. The molecule has 0 atom stereocenters. The second-order valence-electron chi connectivity index (χ2n) is 6.50. The van der Waals surface area contributed by atoms with Gasteiger partial charge in [-0.15, -0.1) is 11.6 Å². The number of carbonyl (C=O) groups is 1. The number of aliphatic carboxylic acids is 1. The smallest absolute Gasteiger partial charge is 0.341 e. The summed E-state index contributed by atoms with van der Waals surface area (Å²) in [5.74, 6) is 0.0813. The summed E-state index contributed by atoms with van der Waals surface area (Å²) in [7, 11) is 0. The van der Waals surface area contributed by atoms with Gasteiger partial charge in [-0.1, -0.05) is 60.7 Å². The third-order valence-corrected chi connectivity index (χ3v) is 4.75. The van der Waals surface area contributed by atoms with Gasteiger partial charge in [0.2, 0.25) is 0 Å². The van der Waals surface area contributed by atoms with E-state index in [1.807, 2.05) is 42.5 Å². The molecule has 3 nitrogen and oxygen atoms in total. The number of ether oxygens (including phenoxy) is 1. The Bertz CT molecular complexity index is 893. The zero-order chi connectivity index (χ0) is 19.8. The summed E-state index contributed by atoms with van der Waals surface area (Å²) in [6, 6.07) is 17.9. The number of hydrogen-bond donors (Lipinski definition) is 1. The van der Waals surface area contributed by atoms with Crippen LogP contribution in [0.1, 0.15) is 30.4 Å². The average molecular weight is 395 g/mol. The summed E-state index contributed by atoms with van der Waals surface area (Å²) in [5.41, 5.74) is 5.77. The van der Waals surface area contributed by atoms with Crippen LogP contribution in [0.5, 0.6) is 5.75 Å². The Labute approximate surface area is 170 Å². The van der Waals surface area contributed by atoms with Crippen molar-refractivity contribution in [1.82, 2.24) is 0 Å². The van der Waals surface area contributed by atoms with E-state index in [1.165, 1.54) is 11.1 Å². The largest absolute Gasteiger partial charge is 0.482 e. The lowest BCUT2D eigenvalue weighted by Gasteiger charge is -2.19. The summed E-state index contributed by atoms with van der Waals surface area (Å²) in [5, 5.41) is 8.79. The molecule has 0 aromatic heterocycles. The van der Waals surface area contributed by atoms with Crippen molar-refractivity contribution in [3.63, 3.8) is 0 Å². The first kappa shape index (κ1) is 20.0. The highest BCUT2D eigenvalue weighted by molar-refractivity contribution is 6.18. The monoisotopic (exact) mass is 394 g/mol. The Morgan fingerprint density at radius 2 is 1.75 bits per heavy atom. The van der Waals surface area contributed by atoms with Crippen molar-refractivity contribution in [3.05, 3.63) is 89.5 Å². The first-order valence-corrected chi connectivity index (χ1v) is 9.89. The third-order valence-electron chi connectivity index (χ3n) is 4.56. The van der Waals surface area contributed by atoms with Crippen molar-refractivity contribution in [2.24, 2.45) is 0 Å². The molecule has 1 aliphatic rings. The van der Waals surface area contributed by atoms with Gasteiger partial charge in [0.05, 0.1) is 0 Å². The van der Waals surface area contributed by atoms with Gasteiger partial charge in [-0.05, 0) is 59.2 Å². The highest BCUT2D eigenvalue weighted by Gasteiger charge is 2.15. The minimum Gasteiger partial charge on any atom is -0.482 e. The number of alkyl halides is 1.